The molecule has 0 radical (unpaired) electrons. The molecule has 0 saturated heterocycles. The number of hydrogen-bond donors (Lipinski definition) is 1. The molecule has 1 atom stereocenters. The Kier molecular flexibility index (Phi) is 4.27. The summed E-state index contributed by atoms with van der Waals surface area (Å²) < 4.78 is 5.88. The smallest absolute Gasteiger partial charge is 0.338 e. The Balaban J connectivity index is 2.51. The number of thiophene rings is 1. The lowest BCUT2D eigenvalue weighted by molar-refractivity contribution is -0.136. The van der Waals surface area contributed by atoms with Crippen LogP contribution in [0.2, 0.25) is 0 Å². The highest BCUT2D eigenvalue weighted by Crippen LogP contribution is 2.35. The van der Waals surface area contributed by atoms with Gasteiger partial charge in [-0.15, -0.1) is 11.3 Å². The number of thiocarbonyl (C=S) groups is 1. The summed E-state index contributed by atoms with van der Waals surface area (Å²) >= 11 is 10.3. The van der Waals surface area contributed by atoms with Gasteiger partial charge in [0.15, 0.2) is 5.11 Å². The Bertz CT molecular complexity index is 568. The number of hydrogen-bond acceptors (Lipinski definition) is 4. The van der Waals surface area contributed by atoms with Crippen LogP contribution in [0.5, 0.6) is 0 Å². The fourth-order valence-electron chi connectivity index (χ4n) is 1.90. The molecule has 0 unspecified atom stereocenters. The summed E-state index contributed by atoms with van der Waals surface area (Å²) in [6.45, 7) is 1.87. The Morgan fingerprint density at radius 2 is 2.32 bits per heavy atom. The Morgan fingerprint density at radius 1 is 1.63 bits per heavy atom. The quantitative estimate of drug-likeness (QED) is 0.648. The van der Waals surface area contributed by atoms with Gasteiger partial charge in [-0.2, -0.15) is 0 Å². The fraction of sp³-hybridized carbons (Fsp3) is 0.333. The van der Waals surface area contributed by atoms with Crippen molar-refractivity contribution in [2.24, 2.45) is 0 Å². The number of rotatable bonds is 2. The molecule has 19 heavy (non-hydrogen) atoms. The molecule has 0 saturated carbocycles. The minimum absolute atomic E-state index is 0.257. The van der Waals surface area contributed by atoms with Crippen LogP contribution < -0.4 is 5.32 Å². The van der Waals surface area contributed by atoms with Crippen molar-refractivity contribution in [3.63, 3.8) is 0 Å². The number of halogens is 1. The Morgan fingerprint density at radius 3 is 2.84 bits per heavy atom. The molecule has 0 spiro atoms. The number of ether oxygens (including phenoxy) is 1. The number of esters is 1. The molecule has 7 heteroatoms. The predicted octanol–water partition coefficient (Wildman–Crippen LogP) is 2.82. The summed E-state index contributed by atoms with van der Waals surface area (Å²) in [5.41, 5.74) is 1.40. The van der Waals surface area contributed by atoms with Gasteiger partial charge >= 0.3 is 5.97 Å². The van der Waals surface area contributed by atoms with Crippen molar-refractivity contribution in [3.05, 3.63) is 32.1 Å². The highest BCUT2D eigenvalue weighted by Gasteiger charge is 2.33. The van der Waals surface area contributed by atoms with Crippen LogP contribution in [0.3, 0.4) is 0 Å². The molecule has 0 bridgehead atoms. The number of nitrogens with one attached hydrogen (secondary N) is 1. The second kappa shape index (κ2) is 5.60. The first-order chi connectivity index (χ1) is 8.95. The van der Waals surface area contributed by atoms with Crippen molar-refractivity contribution in [2.45, 2.75) is 13.0 Å². The highest BCUT2D eigenvalue weighted by atomic mass is 79.9. The van der Waals surface area contributed by atoms with Crippen LogP contribution in [0.4, 0.5) is 0 Å². The number of allylic oxidation sites excluding steroid dienone is 1. The summed E-state index contributed by atoms with van der Waals surface area (Å²) in [6, 6.07) is 1.72. The number of nitrogens with zero attached hydrogens (tertiary/aromatic N) is 1. The molecule has 0 aliphatic carbocycles. The maximum absolute atomic E-state index is 12.0. The first-order valence-corrected chi connectivity index (χ1v) is 7.61. The van der Waals surface area contributed by atoms with Gasteiger partial charge in [0.1, 0.15) is 0 Å². The van der Waals surface area contributed by atoms with E-state index in [9.17, 15) is 4.79 Å². The normalized spacial score (nSPS) is 19.5. The average molecular weight is 361 g/mol. The first kappa shape index (κ1) is 14.5. The van der Waals surface area contributed by atoms with E-state index in [1.54, 1.807) is 16.2 Å². The largest absolute Gasteiger partial charge is 0.466 e. The van der Waals surface area contributed by atoms with Crippen LogP contribution in [0, 0.1) is 0 Å². The van der Waals surface area contributed by atoms with Gasteiger partial charge < -0.3 is 15.0 Å². The van der Waals surface area contributed by atoms with E-state index in [1.165, 1.54) is 7.11 Å². The van der Waals surface area contributed by atoms with Crippen molar-refractivity contribution in [3.8, 4) is 0 Å². The zero-order valence-electron chi connectivity index (χ0n) is 10.7. The van der Waals surface area contributed by atoms with E-state index >= 15 is 0 Å². The maximum Gasteiger partial charge on any atom is 0.338 e. The van der Waals surface area contributed by atoms with Gasteiger partial charge in [-0.25, -0.2) is 4.79 Å². The molecular weight excluding hydrogens is 348 g/mol. The van der Waals surface area contributed by atoms with Crippen LogP contribution in [-0.2, 0) is 9.53 Å². The van der Waals surface area contributed by atoms with Gasteiger partial charge in [-0.05, 0) is 41.1 Å². The third kappa shape index (κ3) is 2.68. The van der Waals surface area contributed by atoms with Gasteiger partial charge in [-0.1, -0.05) is 0 Å². The van der Waals surface area contributed by atoms with Crippen LogP contribution >= 0.6 is 39.5 Å². The minimum atomic E-state index is -0.339. The van der Waals surface area contributed by atoms with Crippen molar-refractivity contribution >= 4 is 50.6 Å². The highest BCUT2D eigenvalue weighted by molar-refractivity contribution is 9.10. The standard InChI is InChI=1S/C12H13BrN2O2S2/c1-6-9(11(16)17-3)10(14-12(18)15(6)2)8-4-7(13)5-19-8/h4-5,10H,1-3H3,(H,14,18)/t10-/m0/s1. The van der Waals surface area contributed by atoms with E-state index in [4.69, 9.17) is 17.0 Å². The van der Waals surface area contributed by atoms with E-state index in [-0.39, 0.29) is 12.0 Å². The monoisotopic (exact) mass is 360 g/mol. The second-order valence-electron chi connectivity index (χ2n) is 4.10. The van der Waals surface area contributed by atoms with E-state index in [1.807, 2.05) is 25.4 Å². The average Bonchev–Trinajstić information content (AvgIpc) is 2.81. The van der Waals surface area contributed by atoms with Gasteiger partial charge in [0.2, 0.25) is 0 Å². The van der Waals surface area contributed by atoms with Crippen molar-refractivity contribution < 1.29 is 9.53 Å². The molecule has 1 aliphatic rings. The van der Waals surface area contributed by atoms with E-state index < -0.39 is 0 Å². The molecule has 2 heterocycles. The van der Waals surface area contributed by atoms with Crippen molar-refractivity contribution in [1.29, 1.82) is 0 Å². The summed E-state index contributed by atoms with van der Waals surface area (Å²) in [5, 5.41) is 5.75. The maximum atomic E-state index is 12.0. The van der Waals surface area contributed by atoms with Crippen LogP contribution in [0.1, 0.15) is 17.8 Å². The molecule has 0 amide bonds. The minimum Gasteiger partial charge on any atom is -0.466 e. The second-order valence-corrected chi connectivity index (χ2v) is 6.34. The lowest BCUT2D eigenvalue weighted by atomic mass is 10.0. The number of methoxy groups -OCH3 is 1. The zero-order chi connectivity index (χ0) is 14.2. The van der Waals surface area contributed by atoms with Crippen LogP contribution in [-0.4, -0.2) is 30.1 Å². The summed E-state index contributed by atoms with van der Waals surface area (Å²) in [7, 11) is 3.21. The topological polar surface area (TPSA) is 41.6 Å². The Hall–Kier alpha value is -0.920. The summed E-state index contributed by atoms with van der Waals surface area (Å²) in [6.07, 6.45) is 0. The lowest BCUT2D eigenvalue weighted by Gasteiger charge is -2.34. The molecule has 1 aromatic rings. The lowest BCUT2D eigenvalue weighted by Crippen LogP contribution is -2.45. The molecule has 1 aliphatic heterocycles. The number of carbonyl (C=O) groups is 1. The molecule has 0 fully saturated rings. The molecule has 2 rings (SSSR count). The van der Waals surface area contributed by atoms with E-state index in [0.717, 1.165) is 15.0 Å². The molecule has 0 aromatic carbocycles. The zero-order valence-corrected chi connectivity index (χ0v) is 13.9. The summed E-state index contributed by atoms with van der Waals surface area (Å²) in [5.74, 6) is -0.339. The molecule has 1 N–H and O–H groups in total. The van der Waals surface area contributed by atoms with E-state index in [0.29, 0.717) is 10.7 Å². The summed E-state index contributed by atoms with van der Waals surface area (Å²) in [4.78, 5) is 14.8. The molecule has 1 aromatic heterocycles. The van der Waals surface area contributed by atoms with Crippen molar-refractivity contribution in [1.82, 2.24) is 10.2 Å². The first-order valence-electron chi connectivity index (χ1n) is 5.53. The predicted molar refractivity (Wildman–Crippen MR) is 83.0 cm³/mol. The molecule has 102 valence electrons. The Labute approximate surface area is 129 Å². The fourth-order valence-corrected chi connectivity index (χ4v) is 3.66. The van der Waals surface area contributed by atoms with Crippen LogP contribution in [0.15, 0.2) is 27.2 Å². The van der Waals surface area contributed by atoms with Gasteiger partial charge in [0.05, 0.1) is 18.7 Å². The SMILES string of the molecule is COC(=O)C1=C(C)N(C)C(=S)N[C@H]1c1cc(Br)cs1. The van der Waals surface area contributed by atoms with Gasteiger partial charge in [-0.3, -0.25) is 0 Å². The third-order valence-electron chi connectivity index (χ3n) is 3.03. The third-order valence-corrected chi connectivity index (χ3v) is 5.18. The molecule has 4 nitrogen and oxygen atoms in total. The van der Waals surface area contributed by atoms with E-state index in [2.05, 4.69) is 21.2 Å². The molecular formula is C12H13BrN2O2S2. The van der Waals surface area contributed by atoms with Crippen LogP contribution in [0.25, 0.3) is 0 Å². The van der Waals surface area contributed by atoms with Gasteiger partial charge in [0.25, 0.3) is 0 Å². The van der Waals surface area contributed by atoms with Gasteiger partial charge in [0, 0.05) is 27.5 Å². The number of carbonyl (C=O) groups excluding carboxylic acids is 1. The van der Waals surface area contributed by atoms with Crippen molar-refractivity contribution in [2.75, 3.05) is 14.2 Å².